The second-order valence-electron chi connectivity index (χ2n) is 5.31. The molecule has 0 saturated heterocycles. The molecule has 0 spiro atoms. The highest BCUT2D eigenvalue weighted by molar-refractivity contribution is 5.45. The Morgan fingerprint density at radius 2 is 1.74 bits per heavy atom. The van der Waals surface area contributed by atoms with Crippen LogP contribution in [0.4, 0.5) is 0 Å². The lowest BCUT2D eigenvalue weighted by Gasteiger charge is -2.29. The number of hydrogen-bond acceptors (Lipinski definition) is 2. The van der Waals surface area contributed by atoms with Crippen molar-refractivity contribution in [2.24, 2.45) is 5.92 Å². The molecule has 108 valence electrons. The number of rotatable bonds is 7. The summed E-state index contributed by atoms with van der Waals surface area (Å²) in [5.74, 6) is 1.67. The third-order valence-electron chi connectivity index (χ3n) is 3.97. The lowest BCUT2D eigenvalue weighted by molar-refractivity contribution is 0.328. The van der Waals surface area contributed by atoms with E-state index in [-0.39, 0.29) is 0 Å². The Hall–Kier alpha value is -1.02. The molecule has 0 aromatic heterocycles. The maximum Gasteiger partial charge on any atom is 0.124 e. The van der Waals surface area contributed by atoms with Crippen molar-refractivity contribution in [3.8, 4) is 5.75 Å². The standard InChI is InChI=1S/C17H29NO/c1-7-14(8-2)17(18-9-3)16-13(5)10-12(4)11-15(16)19-6/h10-11,14,17-18H,7-9H2,1-6H3. The molecule has 0 aliphatic heterocycles. The van der Waals surface area contributed by atoms with Gasteiger partial charge in [-0.05, 0) is 43.5 Å². The van der Waals surface area contributed by atoms with Crippen LogP contribution in [0.25, 0.3) is 0 Å². The first kappa shape index (κ1) is 16.0. The van der Waals surface area contributed by atoms with Gasteiger partial charge in [0.15, 0.2) is 0 Å². The van der Waals surface area contributed by atoms with Crippen molar-refractivity contribution in [3.05, 3.63) is 28.8 Å². The van der Waals surface area contributed by atoms with Gasteiger partial charge in [0, 0.05) is 11.6 Å². The van der Waals surface area contributed by atoms with Crippen LogP contribution in [-0.2, 0) is 0 Å². The molecule has 0 amide bonds. The van der Waals surface area contributed by atoms with Crippen molar-refractivity contribution in [1.82, 2.24) is 5.32 Å². The Kier molecular flexibility index (Phi) is 6.36. The molecule has 1 unspecified atom stereocenters. The van der Waals surface area contributed by atoms with E-state index >= 15 is 0 Å². The van der Waals surface area contributed by atoms with Crippen LogP contribution in [0.5, 0.6) is 5.75 Å². The molecule has 0 bridgehead atoms. The highest BCUT2D eigenvalue weighted by Crippen LogP contribution is 2.36. The third-order valence-corrected chi connectivity index (χ3v) is 3.97. The first-order chi connectivity index (χ1) is 9.08. The number of benzene rings is 1. The van der Waals surface area contributed by atoms with E-state index in [1.54, 1.807) is 7.11 Å². The summed E-state index contributed by atoms with van der Waals surface area (Å²) in [4.78, 5) is 0. The summed E-state index contributed by atoms with van der Waals surface area (Å²) in [6, 6.07) is 4.79. The highest BCUT2D eigenvalue weighted by atomic mass is 16.5. The van der Waals surface area contributed by atoms with Gasteiger partial charge in [0.25, 0.3) is 0 Å². The molecule has 0 aliphatic rings. The minimum atomic E-state index is 0.385. The zero-order valence-corrected chi connectivity index (χ0v) is 13.3. The molecule has 0 saturated carbocycles. The van der Waals surface area contributed by atoms with Crippen molar-refractivity contribution >= 4 is 0 Å². The van der Waals surface area contributed by atoms with E-state index < -0.39 is 0 Å². The van der Waals surface area contributed by atoms with Crippen molar-refractivity contribution in [2.75, 3.05) is 13.7 Å². The van der Waals surface area contributed by atoms with E-state index in [9.17, 15) is 0 Å². The molecule has 1 aromatic rings. The summed E-state index contributed by atoms with van der Waals surface area (Å²) in [5, 5.41) is 3.66. The molecule has 0 aliphatic carbocycles. The molecule has 0 heterocycles. The normalized spacial score (nSPS) is 12.8. The van der Waals surface area contributed by atoms with Crippen LogP contribution in [0.1, 0.15) is 56.3 Å². The molecule has 0 radical (unpaired) electrons. The maximum atomic E-state index is 5.63. The first-order valence-corrected chi connectivity index (χ1v) is 7.47. The minimum Gasteiger partial charge on any atom is -0.496 e. The highest BCUT2D eigenvalue weighted by Gasteiger charge is 2.24. The topological polar surface area (TPSA) is 21.3 Å². The molecule has 1 aromatic carbocycles. The van der Waals surface area contributed by atoms with Crippen molar-refractivity contribution in [2.45, 2.75) is 53.5 Å². The van der Waals surface area contributed by atoms with Crippen LogP contribution in [0.15, 0.2) is 12.1 Å². The van der Waals surface area contributed by atoms with Gasteiger partial charge in [-0.3, -0.25) is 0 Å². The number of methoxy groups -OCH3 is 1. The first-order valence-electron chi connectivity index (χ1n) is 7.47. The van der Waals surface area contributed by atoms with Crippen LogP contribution in [0, 0.1) is 19.8 Å². The van der Waals surface area contributed by atoms with E-state index in [2.05, 4.69) is 52.1 Å². The molecule has 2 nitrogen and oxygen atoms in total. The van der Waals surface area contributed by atoms with Gasteiger partial charge in [-0.25, -0.2) is 0 Å². The van der Waals surface area contributed by atoms with Crippen LogP contribution in [-0.4, -0.2) is 13.7 Å². The number of aryl methyl sites for hydroxylation is 2. The van der Waals surface area contributed by atoms with E-state index in [4.69, 9.17) is 4.74 Å². The van der Waals surface area contributed by atoms with E-state index in [1.165, 1.54) is 29.5 Å². The average Bonchev–Trinajstić information content (AvgIpc) is 2.38. The molecule has 19 heavy (non-hydrogen) atoms. The zero-order valence-electron chi connectivity index (χ0n) is 13.3. The lowest BCUT2D eigenvalue weighted by Crippen LogP contribution is -2.29. The summed E-state index contributed by atoms with van der Waals surface area (Å²) in [6.45, 7) is 12.0. The van der Waals surface area contributed by atoms with Crippen molar-refractivity contribution in [1.29, 1.82) is 0 Å². The fraction of sp³-hybridized carbons (Fsp3) is 0.647. The van der Waals surface area contributed by atoms with Crippen LogP contribution >= 0.6 is 0 Å². The molecule has 0 fully saturated rings. The van der Waals surface area contributed by atoms with Gasteiger partial charge in [0.05, 0.1) is 7.11 Å². The van der Waals surface area contributed by atoms with E-state index in [0.717, 1.165) is 12.3 Å². The molecule has 2 heteroatoms. The van der Waals surface area contributed by atoms with Gasteiger partial charge in [-0.2, -0.15) is 0 Å². The van der Waals surface area contributed by atoms with Gasteiger partial charge in [-0.1, -0.05) is 39.7 Å². The predicted octanol–water partition coefficient (Wildman–Crippen LogP) is 4.40. The number of hydrogen-bond donors (Lipinski definition) is 1. The maximum absolute atomic E-state index is 5.63. The largest absolute Gasteiger partial charge is 0.496 e. The summed E-state index contributed by atoms with van der Waals surface area (Å²) < 4.78 is 5.63. The number of nitrogens with one attached hydrogen (secondary N) is 1. The fourth-order valence-electron chi connectivity index (χ4n) is 2.99. The Bertz CT molecular complexity index is 396. The summed E-state index contributed by atoms with van der Waals surface area (Å²) >= 11 is 0. The van der Waals surface area contributed by atoms with Gasteiger partial charge in [0.1, 0.15) is 5.75 Å². The lowest BCUT2D eigenvalue weighted by atomic mass is 9.85. The smallest absolute Gasteiger partial charge is 0.124 e. The van der Waals surface area contributed by atoms with Gasteiger partial charge in [-0.15, -0.1) is 0 Å². The molecule has 1 rings (SSSR count). The predicted molar refractivity (Wildman–Crippen MR) is 83.0 cm³/mol. The quantitative estimate of drug-likeness (QED) is 0.787. The second kappa shape index (κ2) is 7.54. The van der Waals surface area contributed by atoms with E-state index in [0.29, 0.717) is 12.0 Å². The Morgan fingerprint density at radius 3 is 2.21 bits per heavy atom. The van der Waals surface area contributed by atoms with Gasteiger partial charge in [0.2, 0.25) is 0 Å². The van der Waals surface area contributed by atoms with Crippen molar-refractivity contribution in [3.63, 3.8) is 0 Å². The van der Waals surface area contributed by atoms with Crippen LogP contribution in [0.3, 0.4) is 0 Å². The summed E-state index contributed by atoms with van der Waals surface area (Å²) in [6.07, 6.45) is 2.37. The molecular weight excluding hydrogens is 234 g/mol. The van der Waals surface area contributed by atoms with Crippen molar-refractivity contribution < 1.29 is 4.74 Å². The molecular formula is C17H29NO. The van der Waals surface area contributed by atoms with Gasteiger partial charge >= 0.3 is 0 Å². The zero-order chi connectivity index (χ0) is 14.4. The third kappa shape index (κ3) is 3.73. The molecule has 1 N–H and O–H groups in total. The van der Waals surface area contributed by atoms with Crippen LogP contribution in [0.2, 0.25) is 0 Å². The summed E-state index contributed by atoms with van der Waals surface area (Å²) in [7, 11) is 1.77. The fourth-order valence-corrected chi connectivity index (χ4v) is 2.99. The second-order valence-corrected chi connectivity index (χ2v) is 5.31. The average molecular weight is 263 g/mol. The SMILES string of the molecule is CCNC(c1c(C)cc(C)cc1OC)C(CC)CC. The Labute approximate surface area is 118 Å². The van der Waals surface area contributed by atoms with Crippen LogP contribution < -0.4 is 10.1 Å². The number of ether oxygens (including phenoxy) is 1. The van der Waals surface area contributed by atoms with E-state index in [1.807, 2.05) is 0 Å². The Morgan fingerprint density at radius 1 is 1.11 bits per heavy atom. The minimum absolute atomic E-state index is 0.385. The monoisotopic (exact) mass is 263 g/mol. The summed E-state index contributed by atoms with van der Waals surface area (Å²) in [5.41, 5.74) is 3.93. The Balaban J connectivity index is 3.28. The van der Waals surface area contributed by atoms with Gasteiger partial charge < -0.3 is 10.1 Å². The molecule has 1 atom stereocenters.